The molecule has 1 aliphatic rings. The van der Waals surface area contributed by atoms with Crippen LogP contribution in [-0.4, -0.2) is 39.6 Å². The Morgan fingerprint density at radius 3 is 2.81 bits per heavy atom. The van der Waals surface area contributed by atoms with E-state index in [4.69, 9.17) is 4.98 Å². The zero-order valence-corrected chi connectivity index (χ0v) is 14.8. The van der Waals surface area contributed by atoms with E-state index in [1.807, 2.05) is 6.20 Å². The SMILES string of the molecule is CCC1CN(c2ncc(CNC(C)(C)C)c(C)n2)CCS1. The van der Waals surface area contributed by atoms with Gasteiger partial charge in [-0.3, -0.25) is 0 Å². The van der Waals surface area contributed by atoms with Crippen LogP contribution in [0.1, 0.15) is 45.4 Å². The van der Waals surface area contributed by atoms with Crippen LogP contribution in [0.4, 0.5) is 5.95 Å². The van der Waals surface area contributed by atoms with Gasteiger partial charge < -0.3 is 10.2 Å². The van der Waals surface area contributed by atoms with Gasteiger partial charge in [-0.05, 0) is 34.1 Å². The minimum absolute atomic E-state index is 0.115. The normalized spacial score (nSPS) is 19.9. The molecule has 0 saturated carbocycles. The Morgan fingerprint density at radius 1 is 1.43 bits per heavy atom. The molecule has 1 unspecified atom stereocenters. The van der Waals surface area contributed by atoms with E-state index >= 15 is 0 Å². The van der Waals surface area contributed by atoms with E-state index < -0.39 is 0 Å². The summed E-state index contributed by atoms with van der Waals surface area (Å²) < 4.78 is 0. The summed E-state index contributed by atoms with van der Waals surface area (Å²) in [6.45, 7) is 13.8. The van der Waals surface area contributed by atoms with Gasteiger partial charge in [-0.15, -0.1) is 0 Å². The van der Waals surface area contributed by atoms with E-state index in [9.17, 15) is 0 Å². The average Bonchev–Trinajstić information content (AvgIpc) is 2.45. The molecule has 1 fully saturated rings. The second kappa shape index (κ2) is 6.97. The molecule has 2 heterocycles. The first-order chi connectivity index (χ1) is 9.89. The van der Waals surface area contributed by atoms with Gasteiger partial charge in [-0.2, -0.15) is 11.8 Å². The van der Waals surface area contributed by atoms with Crippen molar-refractivity contribution in [3.8, 4) is 0 Å². The molecule has 0 spiro atoms. The molecule has 1 aliphatic heterocycles. The van der Waals surface area contributed by atoms with Crippen molar-refractivity contribution >= 4 is 17.7 Å². The molecule has 4 nitrogen and oxygen atoms in total. The fourth-order valence-corrected chi connectivity index (χ4v) is 3.49. The van der Waals surface area contributed by atoms with Gasteiger partial charge in [-0.25, -0.2) is 9.97 Å². The Hall–Kier alpha value is -0.810. The summed E-state index contributed by atoms with van der Waals surface area (Å²) in [6, 6.07) is 0. The summed E-state index contributed by atoms with van der Waals surface area (Å²) in [7, 11) is 0. The highest BCUT2D eigenvalue weighted by molar-refractivity contribution is 8.00. The zero-order chi connectivity index (χ0) is 15.5. The van der Waals surface area contributed by atoms with Crippen molar-refractivity contribution in [2.75, 3.05) is 23.7 Å². The molecule has 1 atom stereocenters. The lowest BCUT2D eigenvalue weighted by Gasteiger charge is -2.32. The van der Waals surface area contributed by atoms with Gasteiger partial charge >= 0.3 is 0 Å². The number of anilines is 1. The highest BCUT2D eigenvalue weighted by Crippen LogP contribution is 2.24. The van der Waals surface area contributed by atoms with Gasteiger partial charge in [0.1, 0.15) is 0 Å². The van der Waals surface area contributed by atoms with E-state index in [-0.39, 0.29) is 5.54 Å². The maximum absolute atomic E-state index is 4.73. The van der Waals surface area contributed by atoms with Crippen LogP contribution in [0.3, 0.4) is 0 Å². The molecule has 118 valence electrons. The second-order valence-corrected chi connectivity index (χ2v) is 8.14. The van der Waals surface area contributed by atoms with Crippen molar-refractivity contribution in [1.82, 2.24) is 15.3 Å². The number of thioether (sulfide) groups is 1. The van der Waals surface area contributed by atoms with Gasteiger partial charge in [0, 0.05) is 53.6 Å². The second-order valence-electron chi connectivity index (χ2n) is 6.73. The standard InChI is InChI=1S/C16H28N4S/c1-6-14-11-20(7-8-21-14)15-17-9-13(12(2)19-15)10-18-16(3,4)5/h9,14,18H,6-8,10-11H2,1-5H3. The Kier molecular flexibility index (Phi) is 5.49. The molecule has 0 amide bonds. The predicted molar refractivity (Wildman–Crippen MR) is 92.1 cm³/mol. The van der Waals surface area contributed by atoms with Gasteiger partial charge in [0.2, 0.25) is 5.95 Å². The lowest BCUT2D eigenvalue weighted by molar-refractivity contribution is 0.423. The Labute approximate surface area is 133 Å². The van der Waals surface area contributed by atoms with E-state index in [2.05, 4.69) is 61.6 Å². The van der Waals surface area contributed by atoms with Crippen LogP contribution in [0, 0.1) is 6.92 Å². The third-order valence-corrected chi connectivity index (χ3v) is 5.13. The summed E-state index contributed by atoms with van der Waals surface area (Å²) in [5.74, 6) is 2.07. The number of hydrogen-bond donors (Lipinski definition) is 1. The quantitative estimate of drug-likeness (QED) is 0.926. The number of aryl methyl sites for hydroxylation is 1. The van der Waals surface area contributed by atoms with Crippen molar-refractivity contribution in [2.24, 2.45) is 0 Å². The molecule has 0 aromatic carbocycles. The lowest BCUT2D eigenvalue weighted by atomic mass is 10.1. The van der Waals surface area contributed by atoms with Crippen molar-refractivity contribution < 1.29 is 0 Å². The van der Waals surface area contributed by atoms with E-state index in [1.54, 1.807) is 0 Å². The zero-order valence-electron chi connectivity index (χ0n) is 13.9. The number of nitrogens with one attached hydrogen (secondary N) is 1. The minimum Gasteiger partial charge on any atom is -0.339 e. The lowest BCUT2D eigenvalue weighted by Crippen LogP contribution is -2.39. The van der Waals surface area contributed by atoms with Crippen LogP contribution in [0.25, 0.3) is 0 Å². The molecular formula is C16H28N4S. The fourth-order valence-electron chi connectivity index (χ4n) is 2.31. The number of rotatable bonds is 4. The van der Waals surface area contributed by atoms with Crippen LogP contribution >= 0.6 is 11.8 Å². The monoisotopic (exact) mass is 308 g/mol. The molecule has 2 rings (SSSR count). The molecule has 0 radical (unpaired) electrons. The molecule has 1 aromatic rings. The van der Waals surface area contributed by atoms with Crippen LogP contribution in [0.2, 0.25) is 0 Å². The van der Waals surface area contributed by atoms with E-state index in [0.717, 1.165) is 31.3 Å². The molecule has 21 heavy (non-hydrogen) atoms. The third kappa shape index (κ3) is 4.85. The van der Waals surface area contributed by atoms with Crippen LogP contribution < -0.4 is 10.2 Å². The van der Waals surface area contributed by atoms with Crippen LogP contribution in [-0.2, 0) is 6.54 Å². The topological polar surface area (TPSA) is 41.1 Å². The molecule has 1 saturated heterocycles. The minimum atomic E-state index is 0.115. The Morgan fingerprint density at radius 2 is 2.19 bits per heavy atom. The molecule has 1 aromatic heterocycles. The van der Waals surface area contributed by atoms with Crippen LogP contribution in [0.5, 0.6) is 0 Å². The van der Waals surface area contributed by atoms with Crippen molar-refractivity contribution in [1.29, 1.82) is 0 Å². The van der Waals surface area contributed by atoms with Crippen molar-refractivity contribution in [3.05, 3.63) is 17.5 Å². The summed E-state index contributed by atoms with van der Waals surface area (Å²) in [4.78, 5) is 11.7. The Balaban J connectivity index is 2.04. The largest absolute Gasteiger partial charge is 0.339 e. The van der Waals surface area contributed by atoms with Gasteiger partial charge in [0.05, 0.1) is 0 Å². The molecule has 0 aliphatic carbocycles. The molecular weight excluding hydrogens is 280 g/mol. The first-order valence-corrected chi connectivity index (χ1v) is 8.88. The maximum Gasteiger partial charge on any atom is 0.225 e. The summed E-state index contributed by atoms with van der Waals surface area (Å²) in [5, 5.41) is 4.21. The molecule has 0 bridgehead atoms. The van der Waals surface area contributed by atoms with E-state index in [1.165, 1.54) is 17.7 Å². The van der Waals surface area contributed by atoms with E-state index in [0.29, 0.717) is 5.25 Å². The summed E-state index contributed by atoms with van der Waals surface area (Å²) in [5.41, 5.74) is 2.39. The average molecular weight is 308 g/mol. The van der Waals surface area contributed by atoms with Crippen LogP contribution in [0.15, 0.2) is 6.20 Å². The number of aromatic nitrogens is 2. The Bertz CT molecular complexity index is 470. The van der Waals surface area contributed by atoms with Crippen molar-refractivity contribution in [2.45, 2.75) is 58.4 Å². The maximum atomic E-state index is 4.73. The van der Waals surface area contributed by atoms with Gasteiger partial charge in [-0.1, -0.05) is 6.92 Å². The highest BCUT2D eigenvalue weighted by Gasteiger charge is 2.21. The molecule has 1 N–H and O–H groups in total. The number of hydrogen-bond acceptors (Lipinski definition) is 5. The van der Waals surface area contributed by atoms with Gasteiger partial charge in [0.25, 0.3) is 0 Å². The van der Waals surface area contributed by atoms with Gasteiger partial charge in [0.15, 0.2) is 0 Å². The predicted octanol–water partition coefficient (Wildman–Crippen LogP) is 3.00. The smallest absolute Gasteiger partial charge is 0.225 e. The van der Waals surface area contributed by atoms with Crippen molar-refractivity contribution in [3.63, 3.8) is 0 Å². The highest BCUT2D eigenvalue weighted by atomic mass is 32.2. The fraction of sp³-hybridized carbons (Fsp3) is 0.750. The molecule has 5 heteroatoms. The third-order valence-electron chi connectivity index (χ3n) is 3.75. The number of nitrogens with zero attached hydrogens (tertiary/aromatic N) is 3. The summed E-state index contributed by atoms with van der Waals surface area (Å²) in [6.07, 6.45) is 3.20. The first kappa shape index (κ1) is 16.6. The summed E-state index contributed by atoms with van der Waals surface area (Å²) >= 11 is 2.07. The first-order valence-electron chi connectivity index (χ1n) is 7.83.